The maximum absolute atomic E-state index is 11.5. The van der Waals surface area contributed by atoms with Gasteiger partial charge in [-0.25, -0.2) is 4.84 Å². The third-order valence-electron chi connectivity index (χ3n) is 1.11. The van der Waals surface area contributed by atoms with E-state index in [1.54, 1.807) is 12.1 Å². The Labute approximate surface area is 73.0 Å². The molecule has 1 rings (SSSR count). The Hall–Kier alpha value is -0.870. The zero-order chi connectivity index (χ0) is 8.97. The average Bonchev–Trinajstić information content (AvgIpc) is 2.03. The molecule has 1 aromatic rings. The lowest BCUT2D eigenvalue weighted by Gasteiger charge is -2.04. The van der Waals surface area contributed by atoms with Gasteiger partial charge in [0, 0.05) is 5.02 Å². The maximum atomic E-state index is 11.5. The summed E-state index contributed by atoms with van der Waals surface area (Å²) >= 11 is 5.56. The second-order valence-corrected chi connectivity index (χ2v) is 2.42. The fraction of sp³-hybridized carbons (Fsp3) is 0.143. The number of halogens is 3. The standard InChI is InChI=1S/C7H6ClF2NO/c8-5-1-3-6(4-2-5)11-12-7(9)10/h1-4,7,11H. The molecule has 0 unspecified atom stereocenters. The van der Waals surface area contributed by atoms with Crippen LogP contribution in [0.3, 0.4) is 0 Å². The molecule has 2 nitrogen and oxygen atoms in total. The van der Waals surface area contributed by atoms with Gasteiger partial charge < -0.3 is 0 Å². The van der Waals surface area contributed by atoms with Gasteiger partial charge in [0.25, 0.3) is 0 Å². The minimum atomic E-state index is -2.83. The minimum absolute atomic E-state index is 0.430. The molecule has 0 aliphatic rings. The summed E-state index contributed by atoms with van der Waals surface area (Å²) in [4.78, 5) is 3.84. The van der Waals surface area contributed by atoms with Gasteiger partial charge >= 0.3 is 6.61 Å². The summed E-state index contributed by atoms with van der Waals surface area (Å²) in [5.74, 6) is 0. The van der Waals surface area contributed by atoms with Crippen molar-refractivity contribution >= 4 is 17.3 Å². The van der Waals surface area contributed by atoms with Crippen LogP contribution in [0, 0.1) is 0 Å². The Morgan fingerprint density at radius 1 is 1.25 bits per heavy atom. The van der Waals surface area contributed by atoms with Crippen LogP contribution in [-0.4, -0.2) is 6.61 Å². The summed E-state index contributed by atoms with van der Waals surface area (Å²) in [7, 11) is 0. The first-order valence-corrected chi connectivity index (χ1v) is 3.51. The predicted octanol–water partition coefficient (Wildman–Crippen LogP) is 2.91. The van der Waals surface area contributed by atoms with Gasteiger partial charge in [-0.05, 0) is 24.3 Å². The lowest BCUT2D eigenvalue weighted by Crippen LogP contribution is -2.06. The number of nitrogens with one attached hydrogen (secondary N) is 1. The van der Waals surface area contributed by atoms with E-state index in [1.165, 1.54) is 12.1 Å². The Morgan fingerprint density at radius 2 is 1.83 bits per heavy atom. The third-order valence-corrected chi connectivity index (χ3v) is 1.36. The van der Waals surface area contributed by atoms with Crippen LogP contribution in [0.1, 0.15) is 0 Å². The summed E-state index contributed by atoms with van der Waals surface area (Å²) in [6.07, 6.45) is 0. The van der Waals surface area contributed by atoms with Crippen LogP contribution >= 0.6 is 11.6 Å². The van der Waals surface area contributed by atoms with Crippen molar-refractivity contribution in [2.24, 2.45) is 0 Å². The largest absolute Gasteiger partial charge is 0.364 e. The number of hydrogen-bond acceptors (Lipinski definition) is 2. The highest BCUT2D eigenvalue weighted by Crippen LogP contribution is 2.13. The molecule has 0 aliphatic heterocycles. The van der Waals surface area contributed by atoms with E-state index in [0.717, 1.165) is 0 Å². The van der Waals surface area contributed by atoms with Gasteiger partial charge in [0.1, 0.15) is 0 Å². The molecule has 0 aromatic heterocycles. The fourth-order valence-electron chi connectivity index (χ4n) is 0.631. The predicted molar refractivity (Wildman–Crippen MR) is 42.2 cm³/mol. The molecule has 12 heavy (non-hydrogen) atoms. The molecular formula is C7H6ClF2NO. The van der Waals surface area contributed by atoms with Gasteiger partial charge in [-0.2, -0.15) is 8.78 Å². The van der Waals surface area contributed by atoms with E-state index >= 15 is 0 Å². The van der Waals surface area contributed by atoms with Gasteiger partial charge in [0.15, 0.2) is 0 Å². The maximum Gasteiger partial charge on any atom is 0.364 e. The molecule has 0 bridgehead atoms. The van der Waals surface area contributed by atoms with Crippen molar-refractivity contribution in [1.82, 2.24) is 0 Å². The Balaban J connectivity index is 2.48. The number of benzene rings is 1. The lowest BCUT2D eigenvalue weighted by molar-refractivity contribution is -0.105. The lowest BCUT2D eigenvalue weighted by atomic mass is 10.3. The van der Waals surface area contributed by atoms with Crippen molar-refractivity contribution in [2.45, 2.75) is 6.61 Å². The number of alkyl halides is 2. The first kappa shape index (κ1) is 9.22. The summed E-state index contributed by atoms with van der Waals surface area (Å²) in [5.41, 5.74) is 2.49. The second kappa shape index (κ2) is 4.23. The van der Waals surface area contributed by atoms with Crippen LogP contribution < -0.4 is 5.48 Å². The van der Waals surface area contributed by atoms with E-state index in [1.807, 2.05) is 0 Å². The van der Waals surface area contributed by atoms with E-state index in [2.05, 4.69) is 10.3 Å². The van der Waals surface area contributed by atoms with Crippen LogP contribution in [0.5, 0.6) is 0 Å². The molecule has 5 heteroatoms. The molecule has 0 amide bonds. The van der Waals surface area contributed by atoms with Gasteiger partial charge in [-0.3, -0.25) is 5.48 Å². The van der Waals surface area contributed by atoms with Crippen molar-refractivity contribution in [3.8, 4) is 0 Å². The quantitative estimate of drug-likeness (QED) is 0.746. The molecule has 1 aromatic carbocycles. The van der Waals surface area contributed by atoms with Gasteiger partial charge in [0.2, 0.25) is 0 Å². The van der Waals surface area contributed by atoms with Crippen LogP contribution in [-0.2, 0) is 4.84 Å². The molecule has 0 saturated heterocycles. The Bertz CT molecular complexity index is 240. The van der Waals surface area contributed by atoms with Crippen LogP contribution in [0.15, 0.2) is 24.3 Å². The average molecular weight is 194 g/mol. The van der Waals surface area contributed by atoms with Crippen LogP contribution in [0.2, 0.25) is 5.02 Å². The molecule has 0 spiro atoms. The third kappa shape index (κ3) is 3.02. The topological polar surface area (TPSA) is 21.3 Å². The van der Waals surface area contributed by atoms with Crippen molar-refractivity contribution in [3.05, 3.63) is 29.3 Å². The highest BCUT2D eigenvalue weighted by Gasteiger charge is 2.00. The van der Waals surface area contributed by atoms with E-state index in [9.17, 15) is 8.78 Å². The van der Waals surface area contributed by atoms with E-state index < -0.39 is 6.61 Å². The van der Waals surface area contributed by atoms with E-state index in [-0.39, 0.29) is 0 Å². The van der Waals surface area contributed by atoms with E-state index in [0.29, 0.717) is 10.7 Å². The molecule has 0 heterocycles. The van der Waals surface area contributed by atoms with Gasteiger partial charge in [-0.15, -0.1) is 0 Å². The number of hydrogen-bond donors (Lipinski definition) is 1. The molecule has 0 saturated carbocycles. The van der Waals surface area contributed by atoms with Gasteiger partial charge in [-0.1, -0.05) is 11.6 Å². The molecular weight excluding hydrogens is 188 g/mol. The zero-order valence-electron chi connectivity index (χ0n) is 5.93. The minimum Gasteiger partial charge on any atom is -0.261 e. The zero-order valence-corrected chi connectivity index (χ0v) is 6.68. The molecule has 0 fully saturated rings. The molecule has 0 aliphatic carbocycles. The summed E-state index contributed by atoms with van der Waals surface area (Å²) in [6, 6.07) is 6.20. The number of rotatable bonds is 3. The summed E-state index contributed by atoms with van der Waals surface area (Å²) < 4.78 is 23.0. The molecule has 66 valence electrons. The molecule has 0 radical (unpaired) electrons. The summed E-state index contributed by atoms with van der Waals surface area (Å²) in [5, 5.41) is 0.539. The van der Waals surface area contributed by atoms with E-state index in [4.69, 9.17) is 11.6 Å². The first-order valence-electron chi connectivity index (χ1n) is 3.14. The second-order valence-electron chi connectivity index (χ2n) is 1.99. The molecule has 0 atom stereocenters. The summed E-state index contributed by atoms with van der Waals surface area (Å²) in [6.45, 7) is -2.83. The number of anilines is 1. The molecule has 1 N–H and O–H groups in total. The highest BCUT2D eigenvalue weighted by molar-refractivity contribution is 6.30. The Kier molecular flexibility index (Phi) is 3.25. The van der Waals surface area contributed by atoms with Crippen molar-refractivity contribution in [3.63, 3.8) is 0 Å². The highest BCUT2D eigenvalue weighted by atomic mass is 35.5. The fourth-order valence-corrected chi connectivity index (χ4v) is 0.757. The smallest absolute Gasteiger partial charge is 0.261 e. The normalized spacial score (nSPS) is 10.3. The monoisotopic (exact) mass is 193 g/mol. The van der Waals surface area contributed by atoms with Crippen molar-refractivity contribution < 1.29 is 13.6 Å². The van der Waals surface area contributed by atoms with Crippen LogP contribution in [0.25, 0.3) is 0 Å². The van der Waals surface area contributed by atoms with Crippen molar-refractivity contribution in [2.75, 3.05) is 5.48 Å². The van der Waals surface area contributed by atoms with Crippen LogP contribution in [0.4, 0.5) is 14.5 Å². The van der Waals surface area contributed by atoms with Crippen molar-refractivity contribution in [1.29, 1.82) is 0 Å². The Morgan fingerprint density at radius 3 is 2.33 bits per heavy atom. The van der Waals surface area contributed by atoms with Gasteiger partial charge in [0.05, 0.1) is 5.69 Å². The SMILES string of the molecule is FC(F)ONc1ccc(Cl)cc1. The first-order chi connectivity index (χ1) is 5.68.